The van der Waals surface area contributed by atoms with Gasteiger partial charge in [-0.3, -0.25) is 15.0 Å². The molecule has 35 heavy (non-hydrogen) atoms. The summed E-state index contributed by atoms with van der Waals surface area (Å²) in [6.45, 7) is 5.67. The Balaban J connectivity index is 1.89. The first-order valence-corrected chi connectivity index (χ1v) is 11.7. The lowest BCUT2D eigenvalue weighted by atomic mass is 10.0. The molecule has 4 N–H and O–H groups in total. The first-order chi connectivity index (χ1) is 16.9. The second-order valence-electron chi connectivity index (χ2n) is 8.58. The van der Waals surface area contributed by atoms with Crippen LogP contribution in [0.3, 0.4) is 0 Å². The molecule has 0 amide bonds. The molecule has 0 aliphatic carbocycles. The summed E-state index contributed by atoms with van der Waals surface area (Å²) >= 11 is 0. The van der Waals surface area contributed by atoms with Crippen molar-refractivity contribution < 1.29 is 14.6 Å². The van der Waals surface area contributed by atoms with Crippen molar-refractivity contribution in [3.8, 4) is 17.0 Å². The number of nitrogens with one attached hydrogen (secondary N) is 1. The third-order valence-electron chi connectivity index (χ3n) is 5.78. The van der Waals surface area contributed by atoms with Gasteiger partial charge in [0.1, 0.15) is 6.10 Å². The van der Waals surface area contributed by atoms with Gasteiger partial charge in [-0.25, -0.2) is 4.68 Å². The molecular formula is C25H33N7O3. The molecular weight excluding hydrogens is 446 g/mol. The molecule has 1 aliphatic rings. The number of nitrogens with zero attached hydrogens (tertiary/aromatic N) is 5. The Labute approximate surface area is 204 Å². The Hall–Kier alpha value is -3.63. The van der Waals surface area contributed by atoms with E-state index in [0.29, 0.717) is 31.1 Å². The van der Waals surface area contributed by atoms with E-state index < -0.39 is 0 Å². The third-order valence-corrected chi connectivity index (χ3v) is 5.78. The fourth-order valence-corrected chi connectivity index (χ4v) is 4.20. The lowest BCUT2D eigenvalue weighted by Gasteiger charge is -2.24. The van der Waals surface area contributed by atoms with Crippen LogP contribution in [0.4, 0.5) is 0 Å². The number of likely N-dealkylation sites (N-methyl/N-ethyl adjacent to an activating group) is 1. The molecule has 3 heterocycles. The van der Waals surface area contributed by atoms with Crippen LogP contribution in [0.25, 0.3) is 28.1 Å². The van der Waals surface area contributed by atoms with Crippen molar-refractivity contribution in [2.45, 2.75) is 20.0 Å². The van der Waals surface area contributed by atoms with Gasteiger partial charge in [0.25, 0.3) is 0 Å². The minimum absolute atomic E-state index is 0.0600. The van der Waals surface area contributed by atoms with Gasteiger partial charge in [-0.15, -0.1) is 0 Å². The number of H-pyrrole nitrogens is 1. The molecule has 10 heteroatoms. The van der Waals surface area contributed by atoms with E-state index in [1.165, 1.54) is 0 Å². The van der Waals surface area contributed by atoms with Crippen LogP contribution in [-0.4, -0.2) is 81.7 Å². The predicted octanol–water partition coefficient (Wildman–Crippen LogP) is 2.33. The molecule has 1 aromatic carbocycles. The van der Waals surface area contributed by atoms with Crippen molar-refractivity contribution in [1.29, 1.82) is 0 Å². The fraction of sp³-hybridized carbons (Fsp3) is 0.400. The number of aromatic nitrogens is 4. The van der Waals surface area contributed by atoms with Crippen LogP contribution < -0.4 is 10.5 Å². The fourth-order valence-electron chi connectivity index (χ4n) is 4.20. The van der Waals surface area contributed by atoms with Gasteiger partial charge >= 0.3 is 0 Å². The summed E-state index contributed by atoms with van der Waals surface area (Å²) in [4.78, 5) is 6.74. The molecule has 0 fully saturated rings. The second kappa shape index (κ2) is 10.7. The van der Waals surface area contributed by atoms with Gasteiger partial charge < -0.3 is 20.3 Å². The number of fused-ring (bicyclic) bond motifs is 3. The van der Waals surface area contributed by atoms with Crippen molar-refractivity contribution in [3.05, 3.63) is 47.6 Å². The number of nitrogens with two attached hydrogens (primary N) is 1. The third kappa shape index (κ3) is 5.39. The maximum absolute atomic E-state index is 9.43. The minimum atomic E-state index is -0.126. The number of aliphatic hydroxyl groups is 1. The summed E-state index contributed by atoms with van der Waals surface area (Å²) in [5.41, 5.74) is 11.3. The van der Waals surface area contributed by atoms with Crippen LogP contribution >= 0.6 is 0 Å². The van der Waals surface area contributed by atoms with Crippen molar-refractivity contribution >= 4 is 22.7 Å². The van der Waals surface area contributed by atoms with Gasteiger partial charge in [0.15, 0.2) is 5.88 Å². The molecule has 2 aromatic heterocycles. The normalized spacial score (nSPS) is 20.8. The summed E-state index contributed by atoms with van der Waals surface area (Å²) in [5, 5.41) is 22.4. The molecule has 4 rings (SSSR count). The minimum Gasteiger partial charge on any atom is -0.479 e. The molecule has 3 aromatic rings. The summed E-state index contributed by atoms with van der Waals surface area (Å²) in [5.74, 6) is 0.987. The van der Waals surface area contributed by atoms with Gasteiger partial charge in [0.05, 0.1) is 54.0 Å². The number of allylic oxidation sites excluding steroid dienone is 1. The Morgan fingerprint density at radius 2 is 2.17 bits per heavy atom. The monoisotopic (exact) mass is 479 g/mol. The Morgan fingerprint density at radius 3 is 2.94 bits per heavy atom. The number of rotatable bonds is 4. The standard InChI is InChI=1S/C25H33N7O3/c1-5-34-24(26)18-7-9-22-19-12-17(6-8-21(19)29-30-22)20-13-28-32(4)25(20)35-16(2)14-31(3)15-23(18)27-10-11-33/h6-9,12-13,16,33H,5,10-11,14-15,26H2,1-4H3,(H,29,30)/b9-7+,24-18+,27-23?/t16-/m0/s1. The average molecular weight is 480 g/mol. The highest BCUT2D eigenvalue weighted by atomic mass is 16.5. The molecule has 0 radical (unpaired) electrons. The van der Waals surface area contributed by atoms with Crippen LogP contribution in [0.5, 0.6) is 5.88 Å². The van der Waals surface area contributed by atoms with Crippen molar-refractivity contribution in [1.82, 2.24) is 24.9 Å². The van der Waals surface area contributed by atoms with E-state index in [1.807, 2.05) is 58.4 Å². The van der Waals surface area contributed by atoms with Gasteiger partial charge in [-0.1, -0.05) is 6.07 Å². The molecule has 0 unspecified atom stereocenters. The number of hydrogen-bond acceptors (Lipinski definition) is 8. The quantitative estimate of drug-likeness (QED) is 0.490. The number of aliphatic hydroxyl groups excluding tert-OH is 1. The van der Waals surface area contributed by atoms with Gasteiger partial charge in [-0.2, -0.15) is 10.2 Å². The second-order valence-corrected chi connectivity index (χ2v) is 8.58. The zero-order valence-corrected chi connectivity index (χ0v) is 20.7. The highest BCUT2D eigenvalue weighted by molar-refractivity contribution is 6.05. The molecule has 186 valence electrons. The molecule has 1 atom stereocenters. The summed E-state index contributed by atoms with van der Waals surface area (Å²) < 4.78 is 13.8. The zero-order chi connectivity index (χ0) is 24.9. The number of aliphatic imine (C=N–C) groups is 1. The van der Waals surface area contributed by atoms with E-state index in [0.717, 1.165) is 33.4 Å². The van der Waals surface area contributed by atoms with Crippen molar-refractivity contribution in [2.24, 2.45) is 17.8 Å². The largest absolute Gasteiger partial charge is 0.479 e. The van der Waals surface area contributed by atoms with E-state index >= 15 is 0 Å². The molecule has 0 saturated heterocycles. The van der Waals surface area contributed by atoms with Crippen LogP contribution in [0.1, 0.15) is 19.5 Å². The number of benzene rings is 1. The van der Waals surface area contributed by atoms with Crippen LogP contribution in [-0.2, 0) is 11.8 Å². The number of aryl methyl sites for hydroxylation is 1. The van der Waals surface area contributed by atoms with Crippen molar-refractivity contribution in [2.75, 3.05) is 39.9 Å². The maximum atomic E-state index is 9.43. The Morgan fingerprint density at radius 1 is 1.34 bits per heavy atom. The number of hydrogen-bond donors (Lipinski definition) is 3. The first kappa shape index (κ1) is 24.5. The first-order valence-electron chi connectivity index (χ1n) is 11.7. The molecule has 10 nitrogen and oxygen atoms in total. The summed E-state index contributed by atoms with van der Waals surface area (Å²) in [6, 6.07) is 6.08. The van der Waals surface area contributed by atoms with E-state index in [4.69, 9.17) is 15.2 Å². The number of aromatic amines is 1. The lowest BCUT2D eigenvalue weighted by molar-refractivity contribution is 0.160. The molecule has 0 spiro atoms. The summed E-state index contributed by atoms with van der Waals surface area (Å²) in [6.07, 6.45) is 5.52. The summed E-state index contributed by atoms with van der Waals surface area (Å²) in [7, 11) is 3.87. The van der Waals surface area contributed by atoms with Gasteiger partial charge in [0.2, 0.25) is 5.88 Å². The predicted molar refractivity (Wildman–Crippen MR) is 137 cm³/mol. The van der Waals surface area contributed by atoms with E-state index in [-0.39, 0.29) is 25.1 Å². The molecule has 2 bridgehead atoms. The SMILES string of the molecule is CCO/C(N)=C1\C=C\c2[nH]nc3ccc(cc23)-c2cnn(C)c2O[C@@H](C)CN(C)CC1=NCCO. The van der Waals surface area contributed by atoms with Crippen LogP contribution in [0.15, 0.2) is 46.9 Å². The Kier molecular flexibility index (Phi) is 7.52. The highest BCUT2D eigenvalue weighted by Crippen LogP contribution is 2.33. The topological polar surface area (TPSA) is 127 Å². The van der Waals surface area contributed by atoms with E-state index in [2.05, 4.69) is 31.3 Å². The zero-order valence-electron chi connectivity index (χ0n) is 20.7. The van der Waals surface area contributed by atoms with E-state index in [9.17, 15) is 5.11 Å². The van der Waals surface area contributed by atoms with Gasteiger partial charge in [-0.05, 0) is 50.7 Å². The number of ether oxygens (including phenoxy) is 2. The van der Waals surface area contributed by atoms with Crippen molar-refractivity contribution in [3.63, 3.8) is 0 Å². The Bertz CT molecular complexity index is 1270. The van der Waals surface area contributed by atoms with Gasteiger partial charge in [0, 0.05) is 25.5 Å². The average Bonchev–Trinajstić information content (AvgIpc) is 3.39. The smallest absolute Gasteiger partial charge is 0.219 e. The molecule has 0 saturated carbocycles. The molecule has 1 aliphatic heterocycles. The lowest BCUT2D eigenvalue weighted by Crippen LogP contribution is -2.36. The van der Waals surface area contributed by atoms with E-state index in [1.54, 1.807) is 4.68 Å². The highest BCUT2D eigenvalue weighted by Gasteiger charge is 2.20. The van der Waals surface area contributed by atoms with Crippen LogP contribution in [0, 0.1) is 0 Å². The maximum Gasteiger partial charge on any atom is 0.219 e. The van der Waals surface area contributed by atoms with Crippen LogP contribution in [0.2, 0.25) is 0 Å².